The molecule has 0 aliphatic heterocycles. The number of methoxy groups -OCH3 is 1. The van der Waals surface area contributed by atoms with Gasteiger partial charge < -0.3 is 19.3 Å². The fourth-order valence-electron chi connectivity index (χ4n) is 1.53. The van der Waals surface area contributed by atoms with Crippen LogP contribution in [0.25, 0.3) is 0 Å². The Balaban J connectivity index is 2.38. The van der Waals surface area contributed by atoms with Crippen LogP contribution in [0.4, 0.5) is 0 Å². The molecule has 0 aromatic carbocycles. The Bertz CT molecular complexity index is 339. The summed E-state index contributed by atoms with van der Waals surface area (Å²) < 4.78 is 15.5. The normalized spacial score (nSPS) is 12.0. The first-order valence-corrected chi connectivity index (χ1v) is 6.25. The standard InChI is InChI=1S/C12H23N3O3/c1-5-13-12(2,3)11-14-10(15-18-11)6-7-17-9-8-16-4/h13H,5-9H2,1-4H3. The molecule has 0 spiro atoms. The fraction of sp³-hybridized carbons (Fsp3) is 0.833. The molecular formula is C12H23N3O3. The highest BCUT2D eigenvalue weighted by atomic mass is 16.5. The summed E-state index contributed by atoms with van der Waals surface area (Å²) in [5, 5.41) is 7.24. The summed E-state index contributed by atoms with van der Waals surface area (Å²) in [6.45, 7) is 8.69. The molecule has 0 aliphatic carbocycles. The summed E-state index contributed by atoms with van der Waals surface area (Å²) in [5.74, 6) is 1.28. The highest BCUT2D eigenvalue weighted by Crippen LogP contribution is 2.17. The Hall–Kier alpha value is -0.980. The maximum atomic E-state index is 5.36. The van der Waals surface area contributed by atoms with Gasteiger partial charge >= 0.3 is 0 Å². The smallest absolute Gasteiger partial charge is 0.246 e. The monoisotopic (exact) mass is 257 g/mol. The Morgan fingerprint density at radius 2 is 2.06 bits per heavy atom. The number of aromatic nitrogens is 2. The molecule has 1 aromatic rings. The average Bonchev–Trinajstić information content (AvgIpc) is 2.78. The Morgan fingerprint density at radius 3 is 2.72 bits per heavy atom. The molecular weight excluding hydrogens is 234 g/mol. The molecule has 0 saturated heterocycles. The number of rotatable bonds is 9. The van der Waals surface area contributed by atoms with Gasteiger partial charge in [-0.1, -0.05) is 12.1 Å². The maximum absolute atomic E-state index is 5.36. The molecule has 0 amide bonds. The SMILES string of the molecule is CCNC(C)(C)c1nc(CCOCCOC)no1. The molecule has 0 unspecified atom stereocenters. The molecule has 0 atom stereocenters. The molecule has 0 saturated carbocycles. The van der Waals surface area contributed by atoms with Crippen molar-refractivity contribution in [3.05, 3.63) is 11.7 Å². The second kappa shape index (κ2) is 7.45. The van der Waals surface area contributed by atoms with Crippen molar-refractivity contribution < 1.29 is 14.0 Å². The quantitative estimate of drug-likeness (QED) is 0.669. The third kappa shape index (κ3) is 4.72. The first kappa shape index (κ1) is 15.1. The van der Waals surface area contributed by atoms with Crippen molar-refractivity contribution in [3.63, 3.8) is 0 Å². The highest BCUT2D eigenvalue weighted by molar-refractivity contribution is 4.99. The first-order valence-electron chi connectivity index (χ1n) is 6.25. The van der Waals surface area contributed by atoms with Crippen LogP contribution in [0.15, 0.2) is 4.52 Å². The Labute approximate surface area is 108 Å². The van der Waals surface area contributed by atoms with E-state index in [1.54, 1.807) is 7.11 Å². The third-order valence-electron chi connectivity index (χ3n) is 2.52. The number of hydrogen-bond donors (Lipinski definition) is 1. The molecule has 1 heterocycles. The van der Waals surface area contributed by atoms with Crippen LogP contribution in [0.1, 0.15) is 32.5 Å². The van der Waals surface area contributed by atoms with Gasteiger partial charge in [0.25, 0.3) is 0 Å². The molecule has 0 fully saturated rings. The van der Waals surface area contributed by atoms with Crippen LogP contribution in [0.5, 0.6) is 0 Å². The molecule has 104 valence electrons. The van der Waals surface area contributed by atoms with E-state index >= 15 is 0 Å². The van der Waals surface area contributed by atoms with Crippen LogP contribution in [0.3, 0.4) is 0 Å². The maximum Gasteiger partial charge on any atom is 0.246 e. The van der Waals surface area contributed by atoms with E-state index in [2.05, 4.69) is 15.5 Å². The zero-order valence-electron chi connectivity index (χ0n) is 11.7. The molecule has 1 aromatic heterocycles. The molecule has 0 aliphatic rings. The minimum atomic E-state index is -0.295. The van der Waals surface area contributed by atoms with Gasteiger partial charge in [0, 0.05) is 13.5 Å². The van der Waals surface area contributed by atoms with Crippen LogP contribution >= 0.6 is 0 Å². The lowest BCUT2D eigenvalue weighted by Crippen LogP contribution is -2.36. The minimum Gasteiger partial charge on any atom is -0.382 e. The van der Waals surface area contributed by atoms with Gasteiger partial charge in [-0.25, -0.2) is 0 Å². The van der Waals surface area contributed by atoms with Crippen molar-refractivity contribution >= 4 is 0 Å². The van der Waals surface area contributed by atoms with E-state index in [-0.39, 0.29) is 5.54 Å². The second-order valence-electron chi connectivity index (χ2n) is 4.53. The van der Waals surface area contributed by atoms with E-state index in [0.29, 0.717) is 38.0 Å². The van der Waals surface area contributed by atoms with Crippen LogP contribution in [0, 0.1) is 0 Å². The fourth-order valence-corrected chi connectivity index (χ4v) is 1.53. The summed E-state index contributed by atoms with van der Waals surface area (Å²) in [4.78, 5) is 4.37. The molecule has 0 radical (unpaired) electrons. The Morgan fingerprint density at radius 1 is 1.28 bits per heavy atom. The van der Waals surface area contributed by atoms with Gasteiger partial charge in [0.1, 0.15) is 0 Å². The first-order chi connectivity index (χ1) is 8.60. The van der Waals surface area contributed by atoms with Gasteiger partial charge in [-0.05, 0) is 20.4 Å². The van der Waals surface area contributed by atoms with Crippen molar-refractivity contribution in [2.75, 3.05) is 33.5 Å². The van der Waals surface area contributed by atoms with E-state index in [1.807, 2.05) is 20.8 Å². The van der Waals surface area contributed by atoms with Gasteiger partial charge in [-0.2, -0.15) is 4.98 Å². The lowest BCUT2D eigenvalue weighted by Gasteiger charge is -2.20. The average molecular weight is 257 g/mol. The zero-order chi connectivity index (χ0) is 13.4. The Kier molecular flexibility index (Phi) is 6.24. The van der Waals surface area contributed by atoms with Crippen molar-refractivity contribution in [2.45, 2.75) is 32.7 Å². The molecule has 6 heteroatoms. The molecule has 1 N–H and O–H groups in total. The van der Waals surface area contributed by atoms with Crippen LogP contribution in [-0.4, -0.2) is 43.6 Å². The van der Waals surface area contributed by atoms with E-state index in [0.717, 1.165) is 6.54 Å². The lowest BCUT2D eigenvalue weighted by atomic mass is 10.1. The summed E-state index contributed by atoms with van der Waals surface area (Å²) >= 11 is 0. The number of hydrogen-bond acceptors (Lipinski definition) is 6. The van der Waals surface area contributed by atoms with Crippen LogP contribution in [0.2, 0.25) is 0 Å². The van der Waals surface area contributed by atoms with Crippen LogP contribution < -0.4 is 5.32 Å². The van der Waals surface area contributed by atoms with E-state index in [4.69, 9.17) is 14.0 Å². The summed E-state index contributed by atoms with van der Waals surface area (Å²) in [6, 6.07) is 0. The van der Waals surface area contributed by atoms with Crippen molar-refractivity contribution in [1.29, 1.82) is 0 Å². The largest absolute Gasteiger partial charge is 0.382 e. The van der Waals surface area contributed by atoms with Gasteiger partial charge in [0.05, 0.1) is 25.4 Å². The highest BCUT2D eigenvalue weighted by Gasteiger charge is 2.26. The van der Waals surface area contributed by atoms with Crippen molar-refractivity contribution in [1.82, 2.24) is 15.5 Å². The van der Waals surface area contributed by atoms with Gasteiger partial charge in [0.15, 0.2) is 5.82 Å². The molecule has 1 rings (SSSR count). The van der Waals surface area contributed by atoms with Gasteiger partial charge in [0.2, 0.25) is 5.89 Å². The second-order valence-corrected chi connectivity index (χ2v) is 4.53. The van der Waals surface area contributed by atoms with E-state index in [1.165, 1.54) is 0 Å². The lowest BCUT2D eigenvalue weighted by molar-refractivity contribution is 0.0714. The molecule has 18 heavy (non-hydrogen) atoms. The van der Waals surface area contributed by atoms with E-state index < -0.39 is 0 Å². The van der Waals surface area contributed by atoms with Gasteiger partial charge in [-0.15, -0.1) is 0 Å². The van der Waals surface area contributed by atoms with Crippen LogP contribution in [-0.2, 0) is 21.4 Å². The number of ether oxygens (including phenoxy) is 2. The number of nitrogens with one attached hydrogen (secondary N) is 1. The summed E-state index contributed by atoms with van der Waals surface area (Å²) in [7, 11) is 1.65. The van der Waals surface area contributed by atoms with Crippen molar-refractivity contribution in [2.24, 2.45) is 0 Å². The molecule has 0 bridgehead atoms. The van der Waals surface area contributed by atoms with E-state index in [9.17, 15) is 0 Å². The minimum absolute atomic E-state index is 0.295. The predicted molar refractivity (Wildman–Crippen MR) is 67.4 cm³/mol. The summed E-state index contributed by atoms with van der Waals surface area (Å²) in [5.41, 5.74) is -0.295. The topological polar surface area (TPSA) is 69.4 Å². The predicted octanol–water partition coefficient (Wildman–Crippen LogP) is 1.12. The number of nitrogens with zero attached hydrogens (tertiary/aromatic N) is 2. The van der Waals surface area contributed by atoms with Gasteiger partial charge in [-0.3, -0.25) is 0 Å². The van der Waals surface area contributed by atoms with Crippen molar-refractivity contribution in [3.8, 4) is 0 Å². The zero-order valence-corrected chi connectivity index (χ0v) is 11.7. The summed E-state index contributed by atoms with van der Waals surface area (Å²) in [6.07, 6.45) is 0.648. The third-order valence-corrected chi connectivity index (χ3v) is 2.52. The molecule has 6 nitrogen and oxygen atoms in total.